The van der Waals surface area contributed by atoms with E-state index in [2.05, 4.69) is 0 Å². The summed E-state index contributed by atoms with van der Waals surface area (Å²) in [5, 5.41) is 0. The summed E-state index contributed by atoms with van der Waals surface area (Å²) in [6.07, 6.45) is -2.21. The van der Waals surface area contributed by atoms with E-state index in [1.54, 1.807) is 41.5 Å². The van der Waals surface area contributed by atoms with E-state index in [1.165, 1.54) is 11.8 Å². The highest BCUT2D eigenvalue weighted by Gasteiger charge is 2.52. The largest absolute Gasteiger partial charge is 0.466 e. The number of hydrogen-bond donors (Lipinski definition) is 1. The van der Waals surface area contributed by atoms with Crippen LogP contribution in [-0.2, 0) is 33.6 Å². The molecule has 1 heterocycles. The van der Waals surface area contributed by atoms with Gasteiger partial charge in [-0.2, -0.15) is 8.42 Å². The molecule has 11 heteroatoms. The Balaban J connectivity index is 3.28. The first kappa shape index (κ1) is 23.6. The van der Waals surface area contributed by atoms with Crippen molar-refractivity contribution in [1.82, 2.24) is 4.90 Å². The Morgan fingerprint density at radius 1 is 1.33 bits per heavy atom. The number of rotatable bonds is 6. The number of ether oxygens (including phenoxy) is 3. The molecule has 10 nitrogen and oxygen atoms in total. The van der Waals surface area contributed by atoms with Gasteiger partial charge in [0.25, 0.3) is 0 Å². The van der Waals surface area contributed by atoms with Crippen molar-refractivity contribution in [1.29, 1.82) is 0 Å². The fourth-order valence-corrected chi connectivity index (χ4v) is 3.35. The average Bonchev–Trinajstić information content (AvgIpc) is 2.77. The maximum Gasteiger partial charge on any atom is 0.412 e. The van der Waals surface area contributed by atoms with E-state index in [9.17, 15) is 22.6 Å². The van der Waals surface area contributed by atoms with Crippen molar-refractivity contribution in [3.8, 4) is 0 Å². The highest BCUT2D eigenvalue weighted by atomic mass is 32.3. The van der Waals surface area contributed by atoms with Gasteiger partial charge < -0.3 is 14.2 Å². The van der Waals surface area contributed by atoms with Crippen LogP contribution in [0.25, 0.3) is 0 Å². The van der Waals surface area contributed by atoms with Gasteiger partial charge in [0.2, 0.25) is 0 Å². The van der Waals surface area contributed by atoms with Crippen LogP contribution in [0.15, 0.2) is 0 Å². The van der Waals surface area contributed by atoms with Crippen LogP contribution < -0.4 is 0 Å². The first-order chi connectivity index (χ1) is 12.1. The summed E-state index contributed by atoms with van der Waals surface area (Å²) >= 11 is 0. The van der Waals surface area contributed by atoms with Crippen molar-refractivity contribution in [2.75, 3.05) is 13.2 Å². The van der Waals surface area contributed by atoms with Gasteiger partial charge in [-0.05, 0) is 48.5 Å². The fraction of sp³-hybridized carbons (Fsp3) is 0.875. The van der Waals surface area contributed by atoms with Crippen LogP contribution in [-0.4, -0.2) is 66.6 Å². The van der Waals surface area contributed by atoms with Gasteiger partial charge in [-0.25, -0.2) is 8.98 Å². The monoisotopic (exact) mass is 411 g/mol. The van der Waals surface area contributed by atoms with Crippen molar-refractivity contribution in [2.24, 2.45) is 5.92 Å². The number of esters is 1. The van der Waals surface area contributed by atoms with Gasteiger partial charge >= 0.3 is 22.5 Å². The molecule has 1 aliphatic rings. The molecule has 1 fully saturated rings. The molecule has 0 aromatic carbocycles. The lowest BCUT2D eigenvalue weighted by atomic mass is 9.97. The van der Waals surface area contributed by atoms with Gasteiger partial charge in [0.05, 0.1) is 25.2 Å². The van der Waals surface area contributed by atoms with Crippen molar-refractivity contribution >= 4 is 22.5 Å². The molecule has 1 N–H and O–H groups in total. The summed E-state index contributed by atoms with van der Waals surface area (Å²) in [4.78, 5) is 26.0. The number of hydrogen-bond acceptors (Lipinski definition) is 8. The van der Waals surface area contributed by atoms with E-state index in [1.807, 2.05) is 0 Å². The normalized spacial score (nSPS) is 22.2. The smallest absolute Gasteiger partial charge is 0.412 e. The molecule has 27 heavy (non-hydrogen) atoms. The van der Waals surface area contributed by atoms with E-state index in [0.717, 1.165) is 0 Å². The molecule has 0 spiro atoms. The molecule has 3 atom stereocenters. The van der Waals surface area contributed by atoms with Crippen molar-refractivity contribution in [3.05, 3.63) is 0 Å². The van der Waals surface area contributed by atoms with E-state index < -0.39 is 51.9 Å². The highest BCUT2D eigenvalue weighted by molar-refractivity contribution is 7.80. The molecule has 1 saturated heterocycles. The summed E-state index contributed by atoms with van der Waals surface area (Å²) in [6.45, 7) is 11.1. The number of amides is 1. The number of nitrogens with zero attached hydrogens (tertiary/aromatic N) is 1. The quantitative estimate of drug-likeness (QED) is 0.513. The molecule has 0 saturated carbocycles. The minimum Gasteiger partial charge on any atom is -0.466 e. The van der Waals surface area contributed by atoms with Crippen LogP contribution in [0.4, 0.5) is 4.79 Å². The van der Waals surface area contributed by atoms with E-state index in [-0.39, 0.29) is 13.2 Å². The zero-order valence-electron chi connectivity index (χ0n) is 16.7. The second kappa shape index (κ2) is 8.29. The first-order valence-electron chi connectivity index (χ1n) is 8.57. The van der Waals surface area contributed by atoms with Gasteiger partial charge in [-0.15, -0.1) is 0 Å². The molecular formula is C16H29NO9S. The third kappa shape index (κ3) is 6.59. The van der Waals surface area contributed by atoms with Crippen LogP contribution in [0, 0.1) is 5.92 Å². The molecule has 0 aromatic rings. The Labute approximate surface area is 160 Å². The zero-order chi connectivity index (χ0) is 21.2. The van der Waals surface area contributed by atoms with Crippen LogP contribution >= 0.6 is 0 Å². The second-order valence-corrected chi connectivity index (χ2v) is 8.75. The fourth-order valence-electron chi connectivity index (χ4n) is 2.77. The SMILES string of the molecule is CCOC(=O)C(C)[C@H](OS(=O)(=O)O)C1COC(C)(C)N1C(=O)OC(C)(C)C. The molecule has 1 rings (SSSR count). The number of carbonyl (C=O) groups excluding carboxylic acids is 2. The highest BCUT2D eigenvalue weighted by Crippen LogP contribution is 2.34. The Kier molecular flexibility index (Phi) is 7.25. The maximum atomic E-state index is 12.7. The lowest BCUT2D eigenvalue weighted by Crippen LogP contribution is -2.56. The molecule has 1 aliphatic heterocycles. The summed E-state index contributed by atoms with van der Waals surface area (Å²) in [5.74, 6) is -1.85. The Morgan fingerprint density at radius 2 is 1.89 bits per heavy atom. The lowest BCUT2D eigenvalue weighted by molar-refractivity contribution is -0.152. The molecule has 2 unspecified atom stereocenters. The predicted molar refractivity (Wildman–Crippen MR) is 94.1 cm³/mol. The maximum absolute atomic E-state index is 12.7. The van der Waals surface area contributed by atoms with Gasteiger partial charge in [-0.1, -0.05) is 0 Å². The summed E-state index contributed by atoms with van der Waals surface area (Å²) < 4.78 is 52.5. The molecule has 0 radical (unpaired) electrons. The Morgan fingerprint density at radius 3 is 2.33 bits per heavy atom. The van der Waals surface area contributed by atoms with Crippen LogP contribution in [0.2, 0.25) is 0 Å². The van der Waals surface area contributed by atoms with E-state index in [4.69, 9.17) is 18.4 Å². The van der Waals surface area contributed by atoms with Gasteiger partial charge in [0.15, 0.2) is 0 Å². The minimum atomic E-state index is -4.92. The van der Waals surface area contributed by atoms with Gasteiger partial charge in [0.1, 0.15) is 17.4 Å². The third-order valence-electron chi connectivity index (χ3n) is 3.87. The van der Waals surface area contributed by atoms with E-state index in [0.29, 0.717) is 0 Å². The standard InChI is InChI=1S/C16H29NO9S/c1-8-23-13(18)10(2)12(26-27(20,21)22)11-9-24-16(6,7)17(11)14(19)25-15(3,4)5/h10-12H,8-9H2,1-7H3,(H,20,21,22)/t10?,11?,12-/m0/s1. The third-order valence-corrected chi connectivity index (χ3v) is 4.34. The van der Waals surface area contributed by atoms with Crippen molar-refractivity contribution in [3.63, 3.8) is 0 Å². The van der Waals surface area contributed by atoms with Crippen molar-refractivity contribution in [2.45, 2.75) is 71.9 Å². The Bertz CT molecular complexity index is 653. The molecule has 0 bridgehead atoms. The second-order valence-electron chi connectivity index (χ2n) is 7.70. The first-order valence-corrected chi connectivity index (χ1v) is 9.94. The minimum absolute atomic E-state index is 0.0736. The summed E-state index contributed by atoms with van der Waals surface area (Å²) in [7, 11) is -4.92. The van der Waals surface area contributed by atoms with Crippen LogP contribution in [0.5, 0.6) is 0 Å². The lowest BCUT2D eigenvalue weighted by Gasteiger charge is -2.38. The Hall–Kier alpha value is -1.43. The topological polar surface area (TPSA) is 129 Å². The molecular weight excluding hydrogens is 382 g/mol. The molecule has 158 valence electrons. The predicted octanol–water partition coefficient (Wildman–Crippen LogP) is 1.75. The van der Waals surface area contributed by atoms with Crippen molar-refractivity contribution < 1.29 is 41.0 Å². The van der Waals surface area contributed by atoms with Gasteiger partial charge in [-0.3, -0.25) is 14.2 Å². The van der Waals surface area contributed by atoms with Crippen LogP contribution in [0.3, 0.4) is 0 Å². The average molecular weight is 411 g/mol. The van der Waals surface area contributed by atoms with E-state index >= 15 is 0 Å². The summed E-state index contributed by atoms with van der Waals surface area (Å²) in [5.41, 5.74) is -1.96. The molecule has 1 amide bonds. The molecule has 0 aromatic heterocycles. The zero-order valence-corrected chi connectivity index (χ0v) is 17.5. The number of carbonyl (C=O) groups is 2. The summed E-state index contributed by atoms with van der Waals surface area (Å²) in [6, 6.07) is -1.02. The molecule has 0 aliphatic carbocycles. The van der Waals surface area contributed by atoms with Gasteiger partial charge in [0, 0.05) is 0 Å². The van der Waals surface area contributed by atoms with Crippen LogP contribution in [0.1, 0.15) is 48.5 Å².